The number of aromatic nitrogens is 5. The van der Waals surface area contributed by atoms with Crippen LogP contribution in [0.15, 0.2) is 55.4 Å². The molecule has 0 fully saturated rings. The minimum Gasteiger partial charge on any atom is -0.332 e. The average Bonchev–Trinajstić information content (AvgIpc) is 3.14. The van der Waals surface area contributed by atoms with E-state index < -0.39 is 0 Å². The summed E-state index contributed by atoms with van der Waals surface area (Å²) in [6, 6.07) is 8.50. The van der Waals surface area contributed by atoms with Crippen LogP contribution in [0.4, 0.5) is 0 Å². The van der Waals surface area contributed by atoms with E-state index in [9.17, 15) is 0 Å². The summed E-state index contributed by atoms with van der Waals surface area (Å²) in [5.74, 6) is 0. The topological polar surface area (TPSA) is 48.0 Å². The Kier molecular flexibility index (Phi) is 3.19. The third kappa shape index (κ3) is 2.40. The second-order valence-electron chi connectivity index (χ2n) is 5.77. The second kappa shape index (κ2) is 5.35. The van der Waals surface area contributed by atoms with Crippen LogP contribution in [0.2, 0.25) is 0 Å². The van der Waals surface area contributed by atoms with Gasteiger partial charge in [-0.2, -0.15) is 0 Å². The highest BCUT2D eigenvalue weighted by Crippen LogP contribution is 2.22. The van der Waals surface area contributed by atoms with Gasteiger partial charge in [0.15, 0.2) is 5.65 Å². The molecule has 3 aromatic heterocycles. The maximum atomic E-state index is 4.59. The number of hydrogen-bond acceptors (Lipinski definition) is 3. The number of fused-ring (bicyclic) bond motifs is 1. The fourth-order valence-corrected chi connectivity index (χ4v) is 2.91. The van der Waals surface area contributed by atoms with E-state index in [1.54, 1.807) is 6.33 Å². The molecule has 1 aromatic carbocycles. The van der Waals surface area contributed by atoms with Crippen molar-refractivity contribution in [2.24, 2.45) is 7.05 Å². The van der Waals surface area contributed by atoms with Gasteiger partial charge in [0.2, 0.25) is 0 Å². The summed E-state index contributed by atoms with van der Waals surface area (Å²) < 4.78 is 4.07. The van der Waals surface area contributed by atoms with Gasteiger partial charge in [-0.3, -0.25) is 9.38 Å². The van der Waals surface area contributed by atoms with E-state index in [2.05, 4.69) is 50.5 Å². The molecular formula is C18H17N5. The molecule has 0 aliphatic rings. The standard InChI is InChI=1S/C18H17N5/c1-13-4-3-5-14(8-13)9-15-18-21-11-17(23(18)7-6-20-15)16-10-19-12-22(16)2/h3-8,10-12H,9H2,1-2H3. The van der Waals surface area contributed by atoms with Gasteiger partial charge in [0, 0.05) is 25.9 Å². The predicted molar refractivity (Wildman–Crippen MR) is 89.2 cm³/mol. The Balaban J connectivity index is 1.80. The monoisotopic (exact) mass is 303 g/mol. The van der Waals surface area contributed by atoms with Crippen LogP contribution in [-0.4, -0.2) is 23.9 Å². The Labute approximate surface area is 134 Å². The third-order valence-corrected chi connectivity index (χ3v) is 4.03. The van der Waals surface area contributed by atoms with Gasteiger partial charge in [0.1, 0.15) is 0 Å². The lowest BCUT2D eigenvalue weighted by atomic mass is 10.1. The number of imidazole rings is 2. The van der Waals surface area contributed by atoms with Crippen molar-refractivity contribution < 1.29 is 0 Å². The summed E-state index contributed by atoms with van der Waals surface area (Å²) in [6.07, 6.45) is 10.1. The molecule has 23 heavy (non-hydrogen) atoms. The lowest BCUT2D eigenvalue weighted by Gasteiger charge is -2.06. The summed E-state index contributed by atoms with van der Waals surface area (Å²) in [4.78, 5) is 13.3. The molecule has 5 nitrogen and oxygen atoms in total. The van der Waals surface area contributed by atoms with E-state index in [0.29, 0.717) is 0 Å². The molecule has 0 atom stereocenters. The molecule has 3 heterocycles. The van der Waals surface area contributed by atoms with Gasteiger partial charge in [-0.05, 0) is 12.5 Å². The van der Waals surface area contributed by atoms with Crippen LogP contribution >= 0.6 is 0 Å². The van der Waals surface area contributed by atoms with Crippen molar-refractivity contribution in [2.45, 2.75) is 13.3 Å². The first-order chi connectivity index (χ1) is 11.2. The van der Waals surface area contributed by atoms with Crippen molar-refractivity contribution in [1.82, 2.24) is 23.9 Å². The molecule has 0 saturated carbocycles. The zero-order valence-electron chi connectivity index (χ0n) is 13.1. The molecule has 0 unspecified atom stereocenters. The fraction of sp³-hybridized carbons (Fsp3) is 0.167. The molecule has 5 heteroatoms. The summed E-state index contributed by atoms with van der Waals surface area (Å²) >= 11 is 0. The molecular weight excluding hydrogens is 286 g/mol. The molecule has 0 saturated heterocycles. The van der Waals surface area contributed by atoms with Gasteiger partial charge in [-0.25, -0.2) is 9.97 Å². The molecule has 0 N–H and O–H groups in total. The molecule has 0 radical (unpaired) electrons. The van der Waals surface area contributed by atoms with Crippen molar-refractivity contribution in [3.05, 3.63) is 72.2 Å². The number of rotatable bonds is 3. The zero-order valence-corrected chi connectivity index (χ0v) is 13.1. The van der Waals surface area contributed by atoms with Crippen molar-refractivity contribution in [1.29, 1.82) is 0 Å². The first-order valence-corrected chi connectivity index (χ1v) is 7.55. The van der Waals surface area contributed by atoms with E-state index in [1.165, 1.54) is 11.1 Å². The number of hydrogen-bond donors (Lipinski definition) is 0. The van der Waals surface area contributed by atoms with Gasteiger partial charge in [-0.1, -0.05) is 29.8 Å². The third-order valence-electron chi connectivity index (χ3n) is 4.03. The maximum Gasteiger partial charge on any atom is 0.159 e. The number of nitrogens with zero attached hydrogens (tertiary/aromatic N) is 5. The predicted octanol–water partition coefficient (Wildman–Crippen LogP) is 3.03. The van der Waals surface area contributed by atoms with E-state index in [4.69, 9.17) is 0 Å². The SMILES string of the molecule is Cc1cccc(Cc2nccn3c(-c4cncn4C)cnc23)c1. The molecule has 0 amide bonds. The summed E-state index contributed by atoms with van der Waals surface area (Å²) in [5.41, 5.74) is 6.43. The lowest BCUT2D eigenvalue weighted by molar-refractivity contribution is 0.912. The Morgan fingerprint density at radius 1 is 1.09 bits per heavy atom. The van der Waals surface area contributed by atoms with Crippen LogP contribution in [0.5, 0.6) is 0 Å². The second-order valence-corrected chi connectivity index (χ2v) is 5.77. The van der Waals surface area contributed by atoms with Crippen molar-refractivity contribution in [3.63, 3.8) is 0 Å². The first-order valence-electron chi connectivity index (χ1n) is 7.55. The number of aryl methyl sites for hydroxylation is 2. The normalized spacial score (nSPS) is 11.2. The molecule has 0 aliphatic heterocycles. The van der Waals surface area contributed by atoms with Crippen LogP contribution < -0.4 is 0 Å². The Hall–Kier alpha value is -2.95. The van der Waals surface area contributed by atoms with Crippen molar-refractivity contribution in [3.8, 4) is 11.4 Å². The van der Waals surface area contributed by atoms with Crippen LogP contribution in [-0.2, 0) is 13.5 Å². The van der Waals surface area contributed by atoms with Gasteiger partial charge in [0.05, 0.1) is 35.8 Å². The number of benzene rings is 1. The van der Waals surface area contributed by atoms with Crippen LogP contribution in [0.25, 0.3) is 17.0 Å². The van der Waals surface area contributed by atoms with Gasteiger partial charge in [-0.15, -0.1) is 0 Å². The summed E-state index contributed by atoms with van der Waals surface area (Å²) in [5, 5.41) is 0. The Morgan fingerprint density at radius 2 is 2.00 bits per heavy atom. The van der Waals surface area contributed by atoms with Gasteiger partial charge >= 0.3 is 0 Å². The van der Waals surface area contributed by atoms with E-state index in [-0.39, 0.29) is 0 Å². The van der Waals surface area contributed by atoms with E-state index >= 15 is 0 Å². The molecule has 0 spiro atoms. The summed E-state index contributed by atoms with van der Waals surface area (Å²) in [7, 11) is 1.98. The van der Waals surface area contributed by atoms with Crippen LogP contribution in [0.1, 0.15) is 16.8 Å². The maximum absolute atomic E-state index is 4.59. The molecule has 4 aromatic rings. The van der Waals surface area contributed by atoms with E-state index in [1.807, 2.05) is 36.4 Å². The van der Waals surface area contributed by atoms with Crippen molar-refractivity contribution >= 4 is 5.65 Å². The highest BCUT2D eigenvalue weighted by atomic mass is 15.1. The minimum atomic E-state index is 0.772. The first kappa shape index (κ1) is 13.7. The lowest BCUT2D eigenvalue weighted by Crippen LogP contribution is -1.99. The molecule has 4 rings (SSSR count). The summed E-state index contributed by atoms with van der Waals surface area (Å²) in [6.45, 7) is 2.10. The minimum absolute atomic E-state index is 0.772. The van der Waals surface area contributed by atoms with Crippen molar-refractivity contribution in [2.75, 3.05) is 0 Å². The zero-order chi connectivity index (χ0) is 15.8. The highest BCUT2D eigenvalue weighted by molar-refractivity contribution is 5.61. The Bertz CT molecular complexity index is 980. The molecule has 114 valence electrons. The van der Waals surface area contributed by atoms with Crippen LogP contribution in [0, 0.1) is 6.92 Å². The smallest absolute Gasteiger partial charge is 0.159 e. The van der Waals surface area contributed by atoms with Gasteiger partial charge in [0.25, 0.3) is 0 Å². The molecule has 0 aliphatic carbocycles. The average molecular weight is 303 g/mol. The highest BCUT2D eigenvalue weighted by Gasteiger charge is 2.12. The van der Waals surface area contributed by atoms with E-state index in [0.717, 1.165) is 29.1 Å². The quantitative estimate of drug-likeness (QED) is 0.584. The Morgan fingerprint density at radius 3 is 2.78 bits per heavy atom. The largest absolute Gasteiger partial charge is 0.332 e. The molecule has 0 bridgehead atoms. The van der Waals surface area contributed by atoms with Crippen LogP contribution in [0.3, 0.4) is 0 Å². The van der Waals surface area contributed by atoms with Gasteiger partial charge < -0.3 is 4.57 Å². The fourth-order valence-electron chi connectivity index (χ4n) is 2.91.